The van der Waals surface area contributed by atoms with Crippen LogP contribution in [0.4, 0.5) is 5.95 Å². The van der Waals surface area contributed by atoms with E-state index >= 15 is 0 Å². The van der Waals surface area contributed by atoms with Gasteiger partial charge in [0.25, 0.3) is 0 Å². The minimum Gasteiger partial charge on any atom is -0.475 e. The van der Waals surface area contributed by atoms with Crippen LogP contribution >= 0.6 is 0 Å². The number of aryl methyl sites for hydroxylation is 1. The van der Waals surface area contributed by atoms with Crippen molar-refractivity contribution in [1.29, 1.82) is 0 Å². The Balaban J connectivity index is 1.92. The Morgan fingerprint density at radius 3 is 2.81 bits per heavy atom. The van der Waals surface area contributed by atoms with E-state index in [2.05, 4.69) is 20.6 Å². The summed E-state index contributed by atoms with van der Waals surface area (Å²) in [5.74, 6) is 1.01. The molecule has 0 spiro atoms. The van der Waals surface area contributed by atoms with Gasteiger partial charge < -0.3 is 20.3 Å². The van der Waals surface area contributed by atoms with Crippen LogP contribution in [0.15, 0.2) is 6.07 Å². The van der Waals surface area contributed by atoms with E-state index in [1.807, 2.05) is 25.7 Å². The molecule has 1 aromatic rings. The SMILES string of the molecule is Cc1cc(OC(C)C)nc(NCC(=O)N2CCNCC2)n1. The maximum Gasteiger partial charge on any atom is 0.242 e. The van der Waals surface area contributed by atoms with Crippen LogP contribution in [0.5, 0.6) is 5.88 Å². The van der Waals surface area contributed by atoms with Gasteiger partial charge in [-0.05, 0) is 20.8 Å². The zero-order valence-electron chi connectivity index (χ0n) is 12.8. The molecule has 7 nitrogen and oxygen atoms in total. The molecule has 0 aliphatic carbocycles. The standard InChI is InChI=1S/C14H23N5O2/c1-10(2)21-12-8-11(3)17-14(18-12)16-9-13(20)19-6-4-15-5-7-19/h8,10,15H,4-7,9H2,1-3H3,(H,16,17,18). The molecular formula is C14H23N5O2. The molecule has 2 rings (SSSR count). The van der Waals surface area contributed by atoms with Crippen molar-refractivity contribution in [3.8, 4) is 5.88 Å². The van der Waals surface area contributed by atoms with Crippen LogP contribution in [0.3, 0.4) is 0 Å². The van der Waals surface area contributed by atoms with Crippen molar-refractivity contribution in [2.45, 2.75) is 26.9 Å². The average molecular weight is 293 g/mol. The Morgan fingerprint density at radius 2 is 2.14 bits per heavy atom. The van der Waals surface area contributed by atoms with Crippen molar-refractivity contribution in [2.75, 3.05) is 38.0 Å². The number of nitrogens with one attached hydrogen (secondary N) is 2. The van der Waals surface area contributed by atoms with Gasteiger partial charge >= 0.3 is 0 Å². The maximum atomic E-state index is 12.1. The summed E-state index contributed by atoms with van der Waals surface area (Å²) in [5, 5.41) is 6.20. The molecule has 1 aliphatic heterocycles. The molecule has 0 radical (unpaired) electrons. The molecule has 1 aliphatic rings. The number of hydrogen-bond donors (Lipinski definition) is 2. The maximum absolute atomic E-state index is 12.1. The quantitative estimate of drug-likeness (QED) is 0.819. The van der Waals surface area contributed by atoms with E-state index in [-0.39, 0.29) is 18.6 Å². The Bertz CT molecular complexity index is 486. The van der Waals surface area contributed by atoms with Crippen LogP contribution in [-0.2, 0) is 4.79 Å². The van der Waals surface area contributed by atoms with Crippen molar-refractivity contribution in [1.82, 2.24) is 20.2 Å². The van der Waals surface area contributed by atoms with Crippen molar-refractivity contribution >= 4 is 11.9 Å². The first-order valence-corrected chi connectivity index (χ1v) is 7.29. The number of hydrogen-bond acceptors (Lipinski definition) is 6. The first-order chi connectivity index (χ1) is 10.0. The molecule has 7 heteroatoms. The van der Waals surface area contributed by atoms with Crippen LogP contribution in [0.1, 0.15) is 19.5 Å². The molecule has 1 fully saturated rings. The number of carbonyl (C=O) groups excluding carboxylic acids is 1. The third-order valence-corrected chi connectivity index (χ3v) is 3.05. The van der Waals surface area contributed by atoms with Gasteiger partial charge in [0.1, 0.15) is 0 Å². The molecular weight excluding hydrogens is 270 g/mol. The van der Waals surface area contributed by atoms with Crippen LogP contribution in [0, 0.1) is 6.92 Å². The van der Waals surface area contributed by atoms with Gasteiger partial charge in [0, 0.05) is 37.9 Å². The lowest BCUT2D eigenvalue weighted by molar-refractivity contribution is -0.129. The molecule has 1 aromatic heterocycles. The molecule has 116 valence electrons. The molecule has 2 N–H and O–H groups in total. The number of nitrogens with zero attached hydrogens (tertiary/aromatic N) is 3. The second-order valence-corrected chi connectivity index (χ2v) is 5.32. The summed E-state index contributed by atoms with van der Waals surface area (Å²) < 4.78 is 5.56. The van der Waals surface area contributed by atoms with Crippen LogP contribution in [-0.4, -0.2) is 59.6 Å². The molecule has 0 aromatic carbocycles. The molecule has 1 saturated heterocycles. The third kappa shape index (κ3) is 4.86. The second kappa shape index (κ2) is 7.21. The van der Waals surface area contributed by atoms with Gasteiger partial charge in [0.05, 0.1) is 12.6 Å². The Kier molecular flexibility index (Phi) is 5.32. The second-order valence-electron chi connectivity index (χ2n) is 5.32. The van der Waals surface area contributed by atoms with E-state index < -0.39 is 0 Å². The zero-order valence-corrected chi connectivity index (χ0v) is 12.8. The molecule has 1 amide bonds. The van der Waals surface area contributed by atoms with Gasteiger partial charge in [-0.1, -0.05) is 0 Å². The number of aromatic nitrogens is 2. The minimum absolute atomic E-state index is 0.0506. The highest BCUT2D eigenvalue weighted by Crippen LogP contribution is 2.13. The number of carbonyl (C=O) groups is 1. The lowest BCUT2D eigenvalue weighted by atomic mass is 10.3. The normalized spacial score (nSPS) is 15.1. The monoisotopic (exact) mass is 293 g/mol. The first-order valence-electron chi connectivity index (χ1n) is 7.29. The average Bonchev–Trinajstić information content (AvgIpc) is 2.44. The van der Waals surface area contributed by atoms with E-state index in [9.17, 15) is 4.79 Å². The van der Waals surface area contributed by atoms with E-state index in [0.717, 1.165) is 31.9 Å². The van der Waals surface area contributed by atoms with Gasteiger partial charge in [0.2, 0.25) is 17.7 Å². The lowest BCUT2D eigenvalue weighted by Crippen LogP contribution is -2.48. The largest absolute Gasteiger partial charge is 0.475 e. The predicted molar refractivity (Wildman–Crippen MR) is 80.5 cm³/mol. The number of rotatable bonds is 5. The van der Waals surface area contributed by atoms with Crippen molar-refractivity contribution in [2.24, 2.45) is 0 Å². The Hall–Kier alpha value is -1.89. The highest BCUT2D eigenvalue weighted by Gasteiger charge is 2.16. The summed E-state index contributed by atoms with van der Waals surface area (Å²) in [6.45, 7) is 9.14. The molecule has 0 saturated carbocycles. The van der Waals surface area contributed by atoms with E-state index in [0.29, 0.717) is 11.8 Å². The Morgan fingerprint density at radius 1 is 1.43 bits per heavy atom. The molecule has 2 heterocycles. The number of ether oxygens (including phenoxy) is 1. The van der Waals surface area contributed by atoms with E-state index in [1.54, 1.807) is 6.07 Å². The van der Waals surface area contributed by atoms with Gasteiger partial charge in [-0.3, -0.25) is 4.79 Å². The summed E-state index contributed by atoms with van der Waals surface area (Å²) in [4.78, 5) is 22.4. The fraction of sp³-hybridized carbons (Fsp3) is 0.643. The van der Waals surface area contributed by atoms with Crippen LogP contribution < -0.4 is 15.4 Å². The van der Waals surface area contributed by atoms with Crippen molar-refractivity contribution in [3.05, 3.63) is 11.8 Å². The first kappa shape index (κ1) is 15.5. The fourth-order valence-corrected chi connectivity index (χ4v) is 2.10. The number of piperazine rings is 1. The van der Waals surface area contributed by atoms with E-state index in [4.69, 9.17) is 4.74 Å². The Labute approximate surface area is 125 Å². The molecule has 0 bridgehead atoms. The summed E-state index contributed by atoms with van der Waals surface area (Å²) in [6.07, 6.45) is 0.0506. The molecule has 21 heavy (non-hydrogen) atoms. The number of amides is 1. The van der Waals surface area contributed by atoms with Gasteiger partial charge in [-0.25, -0.2) is 4.98 Å². The molecule has 0 unspecified atom stereocenters. The third-order valence-electron chi connectivity index (χ3n) is 3.05. The molecule has 0 atom stereocenters. The van der Waals surface area contributed by atoms with Gasteiger partial charge in [-0.2, -0.15) is 4.98 Å². The van der Waals surface area contributed by atoms with E-state index in [1.165, 1.54) is 0 Å². The minimum atomic E-state index is 0.0506. The van der Waals surface area contributed by atoms with Crippen molar-refractivity contribution in [3.63, 3.8) is 0 Å². The zero-order chi connectivity index (χ0) is 15.2. The summed E-state index contributed by atoms with van der Waals surface area (Å²) in [6, 6.07) is 1.78. The highest BCUT2D eigenvalue weighted by atomic mass is 16.5. The summed E-state index contributed by atoms with van der Waals surface area (Å²) in [7, 11) is 0. The fourth-order valence-electron chi connectivity index (χ4n) is 2.10. The summed E-state index contributed by atoms with van der Waals surface area (Å²) >= 11 is 0. The van der Waals surface area contributed by atoms with Crippen LogP contribution in [0.2, 0.25) is 0 Å². The van der Waals surface area contributed by atoms with Gasteiger partial charge in [-0.15, -0.1) is 0 Å². The highest BCUT2D eigenvalue weighted by molar-refractivity contribution is 5.80. The van der Waals surface area contributed by atoms with Crippen molar-refractivity contribution < 1.29 is 9.53 Å². The lowest BCUT2D eigenvalue weighted by Gasteiger charge is -2.27. The topological polar surface area (TPSA) is 79.4 Å². The number of anilines is 1. The van der Waals surface area contributed by atoms with Gasteiger partial charge in [0.15, 0.2) is 0 Å². The predicted octanol–water partition coefficient (Wildman–Crippen LogP) is 0.416. The van der Waals surface area contributed by atoms with Crippen LogP contribution in [0.25, 0.3) is 0 Å². The summed E-state index contributed by atoms with van der Waals surface area (Å²) in [5.41, 5.74) is 0.803. The smallest absolute Gasteiger partial charge is 0.242 e.